The molecule has 3 aromatic rings. The number of ether oxygens (including phenoxy) is 2. The number of nitrogens with zero attached hydrogens (tertiary/aromatic N) is 3. The summed E-state index contributed by atoms with van der Waals surface area (Å²) in [4.78, 5) is 11.4. The lowest BCUT2D eigenvalue weighted by molar-refractivity contribution is 0.310. The minimum Gasteiger partial charge on any atom is -0.496 e. The lowest BCUT2D eigenvalue weighted by atomic mass is 10.1. The molecule has 0 unspecified atom stereocenters. The molecule has 0 spiro atoms. The Hall–Kier alpha value is -3.28. The summed E-state index contributed by atoms with van der Waals surface area (Å²) in [5.41, 5.74) is 4.42. The Bertz CT molecular complexity index is 1010. The molecule has 6 heteroatoms. The molecule has 0 amide bonds. The standard InChI is InChI=1S/C23H26N4O2/c1-4-7-17-10-11-18(14-20(17)28-3)25-23-24-15-21-22(26-23)27(12-13-29-21)19-9-6-5-8-16(19)2/h5-6,8-11,14-15H,4,7,12-13H2,1-3H3,(H,24,25,26). The summed E-state index contributed by atoms with van der Waals surface area (Å²) in [6.45, 7) is 5.62. The van der Waals surface area contributed by atoms with Crippen molar-refractivity contribution in [1.82, 2.24) is 9.97 Å². The molecular weight excluding hydrogens is 364 g/mol. The predicted molar refractivity (Wildman–Crippen MR) is 116 cm³/mol. The summed E-state index contributed by atoms with van der Waals surface area (Å²) in [5.74, 6) is 2.87. The highest BCUT2D eigenvalue weighted by Gasteiger charge is 2.23. The van der Waals surface area contributed by atoms with E-state index >= 15 is 0 Å². The van der Waals surface area contributed by atoms with E-state index in [0.717, 1.165) is 42.3 Å². The molecule has 0 aliphatic carbocycles. The highest BCUT2D eigenvalue weighted by atomic mass is 16.5. The number of benzene rings is 2. The molecule has 2 heterocycles. The Morgan fingerprint density at radius 2 is 2.07 bits per heavy atom. The Balaban J connectivity index is 1.64. The number of anilines is 4. The summed E-state index contributed by atoms with van der Waals surface area (Å²) in [7, 11) is 1.70. The molecule has 1 N–H and O–H groups in total. The van der Waals surface area contributed by atoms with Crippen molar-refractivity contribution in [3.8, 4) is 11.5 Å². The molecule has 4 rings (SSSR count). The third kappa shape index (κ3) is 3.97. The first-order valence-electron chi connectivity index (χ1n) is 9.96. The molecule has 150 valence electrons. The van der Waals surface area contributed by atoms with Gasteiger partial charge in [0.15, 0.2) is 11.6 Å². The maximum atomic E-state index is 5.78. The van der Waals surface area contributed by atoms with Crippen molar-refractivity contribution in [3.63, 3.8) is 0 Å². The minimum atomic E-state index is 0.526. The van der Waals surface area contributed by atoms with Crippen molar-refractivity contribution in [2.45, 2.75) is 26.7 Å². The number of nitrogens with one attached hydrogen (secondary N) is 1. The summed E-state index contributed by atoms with van der Waals surface area (Å²) >= 11 is 0. The van der Waals surface area contributed by atoms with Crippen LogP contribution < -0.4 is 19.7 Å². The number of fused-ring (bicyclic) bond motifs is 1. The molecule has 0 saturated heterocycles. The van der Waals surface area contributed by atoms with E-state index in [1.807, 2.05) is 24.3 Å². The lowest BCUT2D eigenvalue weighted by Gasteiger charge is -2.31. The van der Waals surface area contributed by atoms with Crippen LogP contribution in [0.5, 0.6) is 11.5 Å². The number of hydrogen-bond donors (Lipinski definition) is 1. The summed E-state index contributed by atoms with van der Waals surface area (Å²) in [5, 5.41) is 3.30. The molecule has 6 nitrogen and oxygen atoms in total. The van der Waals surface area contributed by atoms with Gasteiger partial charge in [-0.2, -0.15) is 4.98 Å². The summed E-state index contributed by atoms with van der Waals surface area (Å²) in [6.07, 6.45) is 3.80. The van der Waals surface area contributed by atoms with Crippen molar-refractivity contribution in [2.75, 3.05) is 30.5 Å². The highest BCUT2D eigenvalue weighted by molar-refractivity contribution is 5.70. The first kappa shape index (κ1) is 19.1. The summed E-state index contributed by atoms with van der Waals surface area (Å²) < 4.78 is 11.3. The van der Waals surface area contributed by atoms with Gasteiger partial charge in [0.1, 0.15) is 12.4 Å². The van der Waals surface area contributed by atoms with Gasteiger partial charge in [-0.3, -0.25) is 0 Å². The van der Waals surface area contributed by atoms with E-state index in [0.29, 0.717) is 18.3 Å². The number of rotatable bonds is 6. The topological polar surface area (TPSA) is 59.5 Å². The van der Waals surface area contributed by atoms with Crippen molar-refractivity contribution >= 4 is 23.1 Å². The maximum Gasteiger partial charge on any atom is 0.229 e. The first-order valence-corrected chi connectivity index (χ1v) is 9.96. The van der Waals surface area contributed by atoms with E-state index in [9.17, 15) is 0 Å². The van der Waals surface area contributed by atoms with E-state index in [1.165, 1.54) is 11.1 Å². The molecule has 29 heavy (non-hydrogen) atoms. The normalized spacial score (nSPS) is 12.9. The fraction of sp³-hybridized carbons (Fsp3) is 0.304. The first-order chi connectivity index (χ1) is 14.2. The average molecular weight is 390 g/mol. The maximum absolute atomic E-state index is 5.78. The highest BCUT2D eigenvalue weighted by Crippen LogP contribution is 2.36. The number of aromatic nitrogens is 2. The van der Waals surface area contributed by atoms with Gasteiger partial charge >= 0.3 is 0 Å². The lowest BCUT2D eigenvalue weighted by Crippen LogP contribution is -2.30. The number of hydrogen-bond acceptors (Lipinski definition) is 6. The number of methoxy groups -OCH3 is 1. The average Bonchev–Trinajstić information content (AvgIpc) is 2.75. The van der Waals surface area contributed by atoms with Gasteiger partial charge < -0.3 is 19.7 Å². The van der Waals surface area contributed by atoms with Gasteiger partial charge in [-0.05, 0) is 36.6 Å². The van der Waals surface area contributed by atoms with Gasteiger partial charge in [0.25, 0.3) is 0 Å². The fourth-order valence-corrected chi connectivity index (χ4v) is 3.60. The van der Waals surface area contributed by atoms with Crippen LogP contribution in [0, 0.1) is 6.92 Å². The van der Waals surface area contributed by atoms with Crippen molar-refractivity contribution in [2.24, 2.45) is 0 Å². The van der Waals surface area contributed by atoms with Crippen molar-refractivity contribution < 1.29 is 9.47 Å². The van der Waals surface area contributed by atoms with Crippen LogP contribution in [-0.2, 0) is 6.42 Å². The minimum absolute atomic E-state index is 0.526. The van der Waals surface area contributed by atoms with Crippen molar-refractivity contribution in [1.29, 1.82) is 0 Å². The van der Waals surface area contributed by atoms with Crippen LogP contribution in [0.3, 0.4) is 0 Å². The SMILES string of the molecule is CCCc1ccc(Nc2ncc3c(n2)N(c2ccccc2C)CCO3)cc1OC. The summed E-state index contributed by atoms with van der Waals surface area (Å²) in [6, 6.07) is 14.4. The molecule has 0 atom stereocenters. The molecular formula is C23H26N4O2. The van der Waals surface area contributed by atoms with Gasteiger partial charge in [0.05, 0.1) is 19.9 Å². The molecule has 0 fully saturated rings. The molecule has 0 radical (unpaired) electrons. The third-order valence-electron chi connectivity index (χ3n) is 5.03. The van der Waals surface area contributed by atoms with Crippen LogP contribution in [0.1, 0.15) is 24.5 Å². The van der Waals surface area contributed by atoms with Crippen molar-refractivity contribution in [3.05, 3.63) is 59.8 Å². The molecule has 0 saturated carbocycles. The molecule has 2 aromatic carbocycles. The molecule has 1 aromatic heterocycles. The second-order valence-electron chi connectivity index (χ2n) is 7.07. The van der Waals surface area contributed by atoms with Crippen LogP contribution in [0.15, 0.2) is 48.7 Å². The van der Waals surface area contributed by atoms with Gasteiger partial charge in [0, 0.05) is 17.4 Å². The molecule has 0 bridgehead atoms. The van der Waals surface area contributed by atoms with Gasteiger partial charge in [0.2, 0.25) is 5.95 Å². The zero-order valence-electron chi connectivity index (χ0n) is 17.1. The third-order valence-corrected chi connectivity index (χ3v) is 5.03. The van der Waals surface area contributed by atoms with E-state index in [4.69, 9.17) is 14.5 Å². The fourth-order valence-electron chi connectivity index (χ4n) is 3.60. The van der Waals surface area contributed by atoms with E-state index in [1.54, 1.807) is 13.3 Å². The van der Waals surface area contributed by atoms with Gasteiger partial charge in [-0.25, -0.2) is 4.98 Å². The second kappa shape index (κ2) is 8.39. The van der Waals surface area contributed by atoms with E-state index < -0.39 is 0 Å². The molecule has 1 aliphatic rings. The van der Waals surface area contributed by atoms with Crippen LogP contribution in [0.4, 0.5) is 23.1 Å². The Morgan fingerprint density at radius 1 is 1.21 bits per heavy atom. The Kier molecular flexibility index (Phi) is 5.51. The van der Waals surface area contributed by atoms with Crippen LogP contribution in [-0.4, -0.2) is 30.2 Å². The van der Waals surface area contributed by atoms with Gasteiger partial charge in [-0.1, -0.05) is 37.6 Å². The Labute approximate surface area is 171 Å². The Morgan fingerprint density at radius 3 is 2.86 bits per heavy atom. The monoisotopic (exact) mass is 390 g/mol. The molecule has 1 aliphatic heterocycles. The smallest absolute Gasteiger partial charge is 0.229 e. The zero-order valence-corrected chi connectivity index (χ0v) is 17.1. The van der Waals surface area contributed by atoms with Crippen LogP contribution in [0.25, 0.3) is 0 Å². The predicted octanol–water partition coefficient (Wildman–Crippen LogP) is 5.02. The largest absolute Gasteiger partial charge is 0.496 e. The van der Waals surface area contributed by atoms with Crippen LogP contribution in [0.2, 0.25) is 0 Å². The number of para-hydroxylation sites is 1. The van der Waals surface area contributed by atoms with E-state index in [2.05, 4.69) is 47.2 Å². The zero-order chi connectivity index (χ0) is 20.2. The second-order valence-corrected chi connectivity index (χ2v) is 7.07. The van der Waals surface area contributed by atoms with E-state index in [-0.39, 0.29) is 0 Å². The quantitative estimate of drug-likeness (QED) is 0.638. The number of aryl methyl sites for hydroxylation is 2. The van der Waals surface area contributed by atoms with Gasteiger partial charge in [-0.15, -0.1) is 0 Å². The van der Waals surface area contributed by atoms with Crippen LogP contribution >= 0.6 is 0 Å².